The van der Waals surface area contributed by atoms with Gasteiger partial charge < -0.3 is 9.84 Å². The van der Waals surface area contributed by atoms with Crippen LogP contribution in [0.4, 0.5) is 13.2 Å². The number of hydrogen-bond acceptors (Lipinski definition) is 3. The van der Waals surface area contributed by atoms with Gasteiger partial charge in [0.25, 0.3) is 0 Å². The van der Waals surface area contributed by atoms with Gasteiger partial charge in [-0.05, 0) is 84.4 Å². The molecular weight excluding hydrogens is 491 g/mol. The lowest BCUT2D eigenvalue weighted by atomic mass is 9.95. The number of rotatable bonds is 10. The van der Waals surface area contributed by atoms with Crippen LogP contribution in [0.25, 0.3) is 22.3 Å². The van der Waals surface area contributed by atoms with Crippen molar-refractivity contribution in [3.8, 4) is 16.9 Å². The normalized spacial score (nSPS) is 12.6. The van der Waals surface area contributed by atoms with E-state index in [1.807, 2.05) is 37.3 Å². The first-order chi connectivity index (χ1) is 18.0. The smallest absolute Gasteiger partial charge is 0.416 e. The predicted octanol–water partition coefficient (Wildman–Crippen LogP) is 8.46. The zero-order valence-corrected chi connectivity index (χ0v) is 22.0. The van der Waals surface area contributed by atoms with Crippen molar-refractivity contribution in [2.45, 2.75) is 46.7 Å². The molecule has 3 rings (SSSR count). The zero-order valence-electron chi connectivity index (χ0n) is 22.0. The summed E-state index contributed by atoms with van der Waals surface area (Å²) in [6.07, 6.45) is 1.87. The highest BCUT2D eigenvalue weighted by atomic mass is 19.4. The second-order valence-electron chi connectivity index (χ2n) is 9.45. The fraction of sp³-hybridized carbons (Fsp3) is 0.290. The lowest BCUT2D eigenvalue weighted by Crippen LogP contribution is -2.08. The Morgan fingerprint density at radius 1 is 1.05 bits per heavy atom. The minimum Gasteiger partial charge on any atom is -0.494 e. The molecule has 0 atom stereocenters. The van der Waals surface area contributed by atoms with Gasteiger partial charge >= 0.3 is 12.1 Å². The van der Waals surface area contributed by atoms with E-state index in [0.29, 0.717) is 35.8 Å². The summed E-state index contributed by atoms with van der Waals surface area (Å²) >= 11 is 0. The Morgan fingerprint density at radius 3 is 2.29 bits per heavy atom. The standard InChI is InChI=1S/C31H32F3NO3/c1-5-6-23(17-28(30(36)37)27-18-25(31(32,33)34)11-7-21(27)4)29-14-10-24(19-35-29)22-8-12-26(13-9-22)38-16-15-20(2)3/h6-14,17-20H,5,15-16H2,1-4H3,(H,36,37)/b23-6-,28-17+. The van der Waals surface area contributed by atoms with Gasteiger partial charge in [0.2, 0.25) is 0 Å². The lowest BCUT2D eigenvalue weighted by molar-refractivity contribution is -0.137. The van der Waals surface area contributed by atoms with Crippen molar-refractivity contribution >= 4 is 17.1 Å². The average Bonchev–Trinajstić information content (AvgIpc) is 2.86. The quantitative estimate of drug-likeness (QED) is 0.214. The minimum atomic E-state index is -4.58. The number of carboxylic acid groups (broad SMARTS) is 1. The third-order valence-corrected chi connectivity index (χ3v) is 6.02. The average molecular weight is 524 g/mol. The van der Waals surface area contributed by atoms with Crippen molar-refractivity contribution in [3.05, 3.63) is 95.3 Å². The van der Waals surface area contributed by atoms with Gasteiger partial charge in [0.05, 0.1) is 23.4 Å². The second kappa shape index (κ2) is 12.6. The largest absolute Gasteiger partial charge is 0.494 e. The number of aliphatic carboxylic acids is 1. The molecule has 0 unspecified atom stereocenters. The van der Waals surface area contributed by atoms with Gasteiger partial charge in [-0.25, -0.2) is 4.79 Å². The fourth-order valence-electron chi connectivity index (χ4n) is 3.85. The molecule has 0 aliphatic heterocycles. The molecule has 0 aliphatic carbocycles. The van der Waals surface area contributed by atoms with Crippen LogP contribution in [0.3, 0.4) is 0 Å². The Balaban J connectivity index is 1.90. The number of ether oxygens (including phenoxy) is 1. The molecule has 1 heterocycles. The van der Waals surface area contributed by atoms with Crippen molar-refractivity contribution in [2.24, 2.45) is 5.92 Å². The van der Waals surface area contributed by atoms with E-state index in [-0.39, 0.29) is 11.1 Å². The van der Waals surface area contributed by atoms with Crippen molar-refractivity contribution in [3.63, 3.8) is 0 Å². The van der Waals surface area contributed by atoms with E-state index in [9.17, 15) is 23.1 Å². The number of allylic oxidation sites excluding steroid dienone is 3. The van der Waals surface area contributed by atoms with Gasteiger partial charge in [-0.15, -0.1) is 0 Å². The SMILES string of the molecule is CC/C=C(/C=C(/C(=O)O)c1cc(C(F)(F)F)ccc1C)c1ccc(-c2ccc(OCCC(C)C)cc2)cn1. The maximum Gasteiger partial charge on any atom is 0.416 e. The Morgan fingerprint density at radius 2 is 1.74 bits per heavy atom. The highest BCUT2D eigenvalue weighted by Gasteiger charge is 2.31. The summed E-state index contributed by atoms with van der Waals surface area (Å²) in [6.45, 7) is 8.43. The molecule has 0 saturated carbocycles. The van der Waals surface area contributed by atoms with E-state index >= 15 is 0 Å². The first kappa shape index (κ1) is 28.7. The Hall–Kier alpha value is -3.87. The molecule has 3 aromatic rings. The Kier molecular flexibility index (Phi) is 9.50. The molecule has 200 valence electrons. The summed E-state index contributed by atoms with van der Waals surface area (Å²) in [7, 11) is 0. The molecular formula is C31H32F3NO3. The molecule has 0 bridgehead atoms. The van der Waals surface area contributed by atoms with Gasteiger partial charge in [-0.1, -0.05) is 51.1 Å². The molecule has 1 N–H and O–H groups in total. The van der Waals surface area contributed by atoms with Crippen LogP contribution in [-0.2, 0) is 11.0 Å². The molecule has 1 aromatic heterocycles. The van der Waals surface area contributed by atoms with Gasteiger partial charge in [-0.3, -0.25) is 4.98 Å². The second-order valence-corrected chi connectivity index (χ2v) is 9.45. The van der Waals surface area contributed by atoms with Crippen LogP contribution in [-0.4, -0.2) is 22.7 Å². The highest BCUT2D eigenvalue weighted by Crippen LogP contribution is 2.33. The number of aromatic nitrogens is 1. The summed E-state index contributed by atoms with van der Waals surface area (Å²) in [6, 6.07) is 14.5. The molecule has 7 heteroatoms. The predicted molar refractivity (Wildman–Crippen MR) is 145 cm³/mol. The maximum atomic E-state index is 13.3. The van der Waals surface area contributed by atoms with E-state index < -0.39 is 17.7 Å². The van der Waals surface area contributed by atoms with E-state index in [1.165, 1.54) is 12.1 Å². The molecule has 0 saturated heterocycles. The molecule has 4 nitrogen and oxygen atoms in total. The van der Waals surface area contributed by atoms with Crippen molar-refractivity contribution in [1.29, 1.82) is 0 Å². The lowest BCUT2D eigenvalue weighted by Gasteiger charge is -2.13. The maximum absolute atomic E-state index is 13.3. The molecule has 0 radical (unpaired) electrons. The number of benzene rings is 2. The summed E-state index contributed by atoms with van der Waals surface area (Å²) in [4.78, 5) is 16.7. The molecule has 0 aliphatic rings. The van der Waals surface area contributed by atoms with E-state index in [2.05, 4.69) is 18.8 Å². The molecule has 2 aromatic carbocycles. The van der Waals surface area contributed by atoms with Crippen molar-refractivity contribution < 1.29 is 27.8 Å². The number of hydrogen-bond donors (Lipinski definition) is 1. The van der Waals surface area contributed by atoms with Gasteiger partial charge in [0, 0.05) is 11.8 Å². The van der Waals surface area contributed by atoms with Crippen LogP contribution in [0.15, 0.2) is 72.9 Å². The number of carboxylic acids is 1. The van der Waals surface area contributed by atoms with E-state index in [1.54, 1.807) is 25.3 Å². The highest BCUT2D eigenvalue weighted by molar-refractivity contribution is 6.18. The number of aryl methyl sites for hydroxylation is 1. The van der Waals surface area contributed by atoms with Crippen molar-refractivity contribution in [2.75, 3.05) is 6.61 Å². The van der Waals surface area contributed by atoms with Gasteiger partial charge in [-0.2, -0.15) is 13.2 Å². The first-order valence-corrected chi connectivity index (χ1v) is 12.5. The number of alkyl halides is 3. The van der Waals surface area contributed by atoms with Crippen LogP contribution in [0.1, 0.15) is 56.0 Å². The molecule has 0 amide bonds. The first-order valence-electron chi connectivity index (χ1n) is 12.5. The monoisotopic (exact) mass is 523 g/mol. The number of halogens is 3. The van der Waals surface area contributed by atoms with Gasteiger partial charge in [0.1, 0.15) is 5.75 Å². The summed E-state index contributed by atoms with van der Waals surface area (Å²) in [5.74, 6) is 0.0473. The molecule has 0 spiro atoms. The number of nitrogens with zero attached hydrogens (tertiary/aromatic N) is 1. The number of pyridine rings is 1. The van der Waals surface area contributed by atoms with E-state index in [0.717, 1.165) is 35.4 Å². The van der Waals surface area contributed by atoms with Crippen molar-refractivity contribution in [1.82, 2.24) is 4.98 Å². The minimum absolute atomic E-state index is 0.0154. The third-order valence-electron chi connectivity index (χ3n) is 6.02. The topological polar surface area (TPSA) is 59.4 Å². The van der Waals surface area contributed by atoms with Crippen LogP contribution in [0.5, 0.6) is 5.75 Å². The Bertz CT molecular complexity index is 1310. The van der Waals surface area contributed by atoms with Crippen LogP contribution < -0.4 is 4.74 Å². The van der Waals surface area contributed by atoms with Crippen LogP contribution in [0.2, 0.25) is 0 Å². The summed E-state index contributed by atoms with van der Waals surface area (Å²) in [5.41, 5.74) is 2.17. The number of carbonyl (C=O) groups is 1. The molecule has 38 heavy (non-hydrogen) atoms. The van der Waals surface area contributed by atoms with Crippen LogP contribution in [0, 0.1) is 12.8 Å². The fourth-order valence-corrected chi connectivity index (χ4v) is 3.85. The van der Waals surface area contributed by atoms with Gasteiger partial charge in [0.15, 0.2) is 0 Å². The molecule has 0 fully saturated rings. The van der Waals surface area contributed by atoms with Crippen LogP contribution >= 0.6 is 0 Å². The zero-order chi connectivity index (χ0) is 27.9. The Labute approximate surface area is 221 Å². The van der Waals surface area contributed by atoms with E-state index in [4.69, 9.17) is 4.74 Å². The summed E-state index contributed by atoms with van der Waals surface area (Å²) < 4.78 is 45.7. The third kappa shape index (κ3) is 7.57. The summed E-state index contributed by atoms with van der Waals surface area (Å²) in [5, 5.41) is 9.90.